The predicted octanol–water partition coefficient (Wildman–Crippen LogP) is 5.69. The van der Waals surface area contributed by atoms with Crippen molar-refractivity contribution < 1.29 is 22.7 Å². The second-order valence-electron chi connectivity index (χ2n) is 5.76. The van der Waals surface area contributed by atoms with Crippen molar-refractivity contribution in [3.63, 3.8) is 0 Å². The van der Waals surface area contributed by atoms with Crippen molar-refractivity contribution in [2.24, 2.45) is 0 Å². The van der Waals surface area contributed by atoms with Crippen LogP contribution in [0.4, 0.5) is 29.7 Å². The number of amides is 1. The van der Waals surface area contributed by atoms with Gasteiger partial charge in [0.15, 0.2) is 4.34 Å². The number of ether oxygens (including phenoxy) is 1. The number of anilines is 3. The third-order valence-corrected chi connectivity index (χ3v) is 5.94. The molecule has 3 aromatic rings. The lowest BCUT2D eigenvalue weighted by atomic mass is 10.2. The number of aromatic nitrogens is 2. The monoisotopic (exact) mass is 474 g/mol. The topological polar surface area (TPSA) is 76.1 Å². The van der Waals surface area contributed by atoms with Gasteiger partial charge in [0, 0.05) is 5.69 Å². The molecule has 0 fully saturated rings. The van der Waals surface area contributed by atoms with Gasteiger partial charge in [-0.15, -0.1) is 10.2 Å². The maximum absolute atomic E-state index is 12.8. The van der Waals surface area contributed by atoms with Crippen LogP contribution in [0.25, 0.3) is 0 Å². The molecule has 1 heterocycles. The zero-order valence-electron chi connectivity index (χ0n) is 15.3. The number of nitrogens with one attached hydrogen (secondary N) is 2. The Kier molecular flexibility index (Phi) is 7.06. The molecular weight excluding hydrogens is 461 g/mol. The Morgan fingerprint density at radius 1 is 1.20 bits per heavy atom. The highest BCUT2D eigenvalue weighted by Crippen LogP contribution is 2.34. The van der Waals surface area contributed by atoms with E-state index in [9.17, 15) is 18.0 Å². The van der Waals surface area contributed by atoms with Crippen molar-refractivity contribution in [2.45, 2.75) is 10.5 Å². The molecule has 3 rings (SSSR count). The summed E-state index contributed by atoms with van der Waals surface area (Å²) < 4.78 is 44.1. The maximum atomic E-state index is 12.8. The van der Waals surface area contributed by atoms with Gasteiger partial charge in [-0.2, -0.15) is 13.2 Å². The summed E-state index contributed by atoms with van der Waals surface area (Å²) in [5.41, 5.74) is -0.204. The van der Waals surface area contributed by atoms with Gasteiger partial charge in [-0.05, 0) is 42.5 Å². The summed E-state index contributed by atoms with van der Waals surface area (Å²) >= 11 is 8.23. The first-order chi connectivity index (χ1) is 14.2. The molecule has 0 saturated carbocycles. The fraction of sp³-hybridized carbons (Fsp3) is 0.167. The second kappa shape index (κ2) is 9.54. The summed E-state index contributed by atoms with van der Waals surface area (Å²) in [6.45, 7) is 0. The molecule has 1 aromatic heterocycles. The van der Waals surface area contributed by atoms with E-state index in [1.807, 2.05) is 12.1 Å². The molecular formula is C18H14ClF3N4O2S2. The highest BCUT2D eigenvalue weighted by atomic mass is 35.5. The summed E-state index contributed by atoms with van der Waals surface area (Å²) in [6, 6.07) is 9.97. The molecule has 1 amide bonds. The van der Waals surface area contributed by atoms with Crippen LogP contribution in [-0.4, -0.2) is 29.0 Å². The molecule has 0 unspecified atom stereocenters. The number of hydrogen-bond acceptors (Lipinski definition) is 7. The van der Waals surface area contributed by atoms with Crippen LogP contribution >= 0.6 is 34.7 Å². The van der Waals surface area contributed by atoms with Gasteiger partial charge in [0.2, 0.25) is 11.0 Å². The van der Waals surface area contributed by atoms with E-state index >= 15 is 0 Å². The fourth-order valence-electron chi connectivity index (χ4n) is 2.23. The number of thioether (sulfide) groups is 1. The van der Waals surface area contributed by atoms with E-state index < -0.39 is 17.6 Å². The van der Waals surface area contributed by atoms with Crippen LogP contribution in [0.1, 0.15) is 5.56 Å². The zero-order chi connectivity index (χ0) is 21.7. The lowest BCUT2D eigenvalue weighted by Crippen LogP contribution is -2.15. The van der Waals surface area contributed by atoms with E-state index in [4.69, 9.17) is 16.3 Å². The normalized spacial score (nSPS) is 11.2. The zero-order valence-corrected chi connectivity index (χ0v) is 17.7. The van der Waals surface area contributed by atoms with Crippen molar-refractivity contribution >= 4 is 57.1 Å². The van der Waals surface area contributed by atoms with Crippen LogP contribution in [0.5, 0.6) is 5.75 Å². The largest absolute Gasteiger partial charge is 0.497 e. The van der Waals surface area contributed by atoms with Gasteiger partial charge < -0.3 is 15.4 Å². The van der Waals surface area contributed by atoms with Crippen LogP contribution < -0.4 is 15.4 Å². The lowest BCUT2D eigenvalue weighted by Gasteiger charge is -2.11. The second-order valence-corrected chi connectivity index (χ2v) is 8.36. The minimum Gasteiger partial charge on any atom is -0.497 e. The van der Waals surface area contributed by atoms with E-state index in [-0.39, 0.29) is 16.5 Å². The minimum absolute atomic E-state index is 0.0169. The summed E-state index contributed by atoms with van der Waals surface area (Å²) in [5.74, 6) is 0.144. The van der Waals surface area contributed by atoms with E-state index in [2.05, 4.69) is 20.8 Å². The molecule has 30 heavy (non-hydrogen) atoms. The Hall–Kier alpha value is -2.50. The minimum atomic E-state index is -4.53. The molecule has 0 bridgehead atoms. The number of nitrogens with zero attached hydrogens (tertiary/aromatic N) is 2. The number of methoxy groups -OCH3 is 1. The van der Waals surface area contributed by atoms with Gasteiger partial charge in [-0.1, -0.05) is 34.7 Å². The first kappa shape index (κ1) is 22.2. The van der Waals surface area contributed by atoms with Gasteiger partial charge in [0.25, 0.3) is 0 Å². The third kappa shape index (κ3) is 6.00. The van der Waals surface area contributed by atoms with E-state index in [0.717, 1.165) is 41.4 Å². The first-order valence-electron chi connectivity index (χ1n) is 8.28. The molecule has 0 spiro atoms. The molecule has 0 radical (unpaired) electrons. The highest BCUT2D eigenvalue weighted by molar-refractivity contribution is 8.01. The lowest BCUT2D eigenvalue weighted by molar-refractivity contribution is -0.137. The smallest absolute Gasteiger partial charge is 0.416 e. The molecule has 0 aliphatic heterocycles. The predicted molar refractivity (Wildman–Crippen MR) is 112 cm³/mol. The van der Waals surface area contributed by atoms with E-state index in [0.29, 0.717) is 9.47 Å². The number of rotatable bonds is 7. The van der Waals surface area contributed by atoms with Crippen molar-refractivity contribution in [2.75, 3.05) is 23.5 Å². The average molecular weight is 475 g/mol. The SMILES string of the molecule is COc1ccc(Nc2nnc(SCC(=O)Nc3cc(C(F)(F)F)ccc3Cl)s2)cc1. The number of alkyl halides is 3. The van der Waals surface area contributed by atoms with Crippen LogP contribution in [0.2, 0.25) is 5.02 Å². The first-order valence-corrected chi connectivity index (χ1v) is 10.5. The Morgan fingerprint density at radius 3 is 2.60 bits per heavy atom. The van der Waals surface area contributed by atoms with Crippen molar-refractivity contribution in [3.05, 3.63) is 53.1 Å². The molecule has 6 nitrogen and oxygen atoms in total. The molecule has 158 valence electrons. The number of hydrogen-bond donors (Lipinski definition) is 2. The number of carbonyl (C=O) groups is 1. The third-order valence-electron chi connectivity index (χ3n) is 3.64. The van der Waals surface area contributed by atoms with Crippen molar-refractivity contribution in [1.82, 2.24) is 10.2 Å². The Balaban J connectivity index is 1.55. The van der Waals surface area contributed by atoms with Gasteiger partial charge in [-0.3, -0.25) is 4.79 Å². The Labute approximate surface area is 182 Å². The molecule has 0 atom stereocenters. The van der Waals surface area contributed by atoms with Gasteiger partial charge in [-0.25, -0.2) is 0 Å². The quantitative estimate of drug-likeness (QED) is 0.428. The van der Waals surface area contributed by atoms with Gasteiger partial charge in [0.05, 0.1) is 29.1 Å². The molecule has 0 aliphatic rings. The molecule has 2 N–H and O–H groups in total. The molecule has 0 saturated heterocycles. The standard InChI is InChI=1S/C18H14ClF3N4O2S2/c1-28-12-5-3-11(4-6-12)23-16-25-26-17(30-16)29-9-15(27)24-14-8-10(18(20,21)22)2-7-13(14)19/h2-8H,9H2,1H3,(H,23,25)(H,24,27). The van der Waals surface area contributed by atoms with Crippen molar-refractivity contribution in [1.29, 1.82) is 0 Å². The van der Waals surface area contributed by atoms with Gasteiger partial charge >= 0.3 is 6.18 Å². The summed E-state index contributed by atoms with van der Waals surface area (Å²) in [5, 5.41) is 14.0. The van der Waals surface area contributed by atoms with E-state index in [1.165, 1.54) is 11.3 Å². The summed E-state index contributed by atoms with van der Waals surface area (Å²) in [7, 11) is 1.58. The maximum Gasteiger partial charge on any atom is 0.416 e. The fourth-order valence-corrected chi connectivity index (χ4v) is 3.96. The average Bonchev–Trinajstić information content (AvgIpc) is 3.15. The van der Waals surface area contributed by atoms with Crippen LogP contribution in [0, 0.1) is 0 Å². The molecule has 0 aliphatic carbocycles. The summed E-state index contributed by atoms with van der Waals surface area (Å²) in [6.07, 6.45) is -4.53. The number of halogens is 4. The summed E-state index contributed by atoms with van der Waals surface area (Å²) in [4.78, 5) is 12.1. The Bertz CT molecular complexity index is 1030. The van der Waals surface area contributed by atoms with Crippen LogP contribution in [0.3, 0.4) is 0 Å². The highest BCUT2D eigenvalue weighted by Gasteiger charge is 2.31. The van der Waals surface area contributed by atoms with Gasteiger partial charge in [0.1, 0.15) is 5.75 Å². The number of benzene rings is 2. The van der Waals surface area contributed by atoms with Crippen molar-refractivity contribution in [3.8, 4) is 5.75 Å². The molecule has 12 heteroatoms. The Morgan fingerprint density at radius 2 is 1.93 bits per heavy atom. The van der Waals surface area contributed by atoms with E-state index in [1.54, 1.807) is 19.2 Å². The van der Waals surface area contributed by atoms with Crippen LogP contribution in [-0.2, 0) is 11.0 Å². The number of carbonyl (C=O) groups excluding carboxylic acids is 1. The molecule has 2 aromatic carbocycles. The van der Waals surface area contributed by atoms with Crippen LogP contribution in [0.15, 0.2) is 46.8 Å².